The fourth-order valence-electron chi connectivity index (χ4n) is 1.33. The number of ether oxygens (including phenoxy) is 2. The molecule has 0 bridgehead atoms. The van der Waals surface area contributed by atoms with E-state index in [0.717, 1.165) is 6.42 Å². The molecule has 0 aliphatic carbocycles. The maximum absolute atomic E-state index is 13.1. The van der Waals surface area contributed by atoms with Crippen LogP contribution in [0, 0.1) is 5.82 Å². The van der Waals surface area contributed by atoms with Crippen LogP contribution in [0.4, 0.5) is 4.39 Å². The maximum atomic E-state index is 13.1. The molecule has 70 valence electrons. The molecule has 1 atom stereocenters. The van der Waals surface area contributed by atoms with E-state index in [1.54, 1.807) is 18.2 Å². The third-order valence-corrected chi connectivity index (χ3v) is 2.02. The Bertz CT molecular complexity index is 282. The normalized spacial score (nSPS) is 21.8. The molecular formula is C10H11FO2. The van der Waals surface area contributed by atoms with Crippen LogP contribution >= 0.6 is 0 Å². The molecule has 0 N–H and O–H groups in total. The number of hydrogen-bond donors (Lipinski definition) is 0. The summed E-state index contributed by atoms with van der Waals surface area (Å²) in [5.74, 6) is 0.00685. The van der Waals surface area contributed by atoms with Gasteiger partial charge in [-0.3, -0.25) is 0 Å². The van der Waals surface area contributed by atoms with Crippen LogP contribution < -0.4 is 4.74 Å². The quantitative estimate of drug-likeness (QED) is 0.696. The Labute approximate surface area is 76.3 Å². The van der Waals surface area contributed by atoms with Crippen LogP contribution in [0.5, 0.6) is 5.75 Å². The van der Waals surface area contributed by atoms with E-state index in [9.17, 15) is 4.39 Å². The van der Waals surface area contributed by atoms with Crippen LogP contribution in [0.15, 0.2) is 24.3 Å². The van der Waals surface area contributed by atoms with Crippen molar-refractivity contribution in [3.05, 3.63) is 30.1 Å². The minimum absolute atomic E-state index is 0.0110. The van der Waals surface area contributed by atoms with E-state index in [-0.39, 0.29) is 11.9 Å². The first-order valence-corrected chi connectivity index (χ1v) is 4.35. The lowest BCUT2D eigenvalue weighted by molar-refractivity contribution is 0.138. The second-order valence-electron chi connectivity index (χ2n) is 3.03. The van der Waals surface area contributed by atoms with Gasteiger partial charge in [0.05, 0.1) is 13.2 Å². The van der Waals surface area contributed by atoms with Gasteiger partial charge in [-0.05, 0) is 12.1 Å². The lowest BCUT2D eigenvalue weighted by Gasteiger charge is -2.11. The number of hydrogen-bond acceptors (Lipinski definition) is 2. The number of rotatable bonds is 2. The number of benzene rings is 1. The Kier molecular flexibility index (Phi) is 2.45. The molecule has 13 heavy (non-hydrogen) atoms. The monoisotopic (exact) mass is 182 g/mol. The van der Waals surface area contributed by atoms with Crippen molar-refractivity contribution in [2.45, 2.75) is 12.5 Å². The van der Waals surface area contributed by atoms with Gasteiger partial charge in [0, 0.05) is 6.42 Å². The van der Waals surface area contributed by atoms with Gasteiger partial charge in [0.25, 0.3) is 0 Å². The largest absolute Gasteiger partial charge is 0.485 e. The Morgan fingerprint density at radius 1 is 1.38 bits per heavy atom. The van der Waals surface area contributed by atoms with Gasteiger partial charge in [0.15, 0.2) is 11.6 Å². The summed E-state index contributed by atoms with van der Waals surface area (Å²) in [5.41, 5.74) is 0. The number of halogens is 1. The van der Waals surface area contributed by atoms with Crippen LogP contribution in [-0.4, -0.2) is 19.3 Å². The molecule has 0 amide bonds. The molecule has 1 heterocycles. The van der Waals surface area contributed by atoms with Gasteiger partial charge in [-0.1, -0.05) is 12.1 Å². The van der Waals surface area contributed by atoms with Crippen molar-refractivity contribution in [1.29, 1.82) is 0 Å². The third kappa shape index (κ3) is 1.98. The predicted molar refractivity (Wildman–Crippen MR) is 46.3 cm³/mol. The average molecular weight is 182 g/mol. The van der Waals surface area contributed by atoms with E-state index >= 15 is 0 Å². The van der Waals surface area contributed by atoms with Crippen molar-refractivity contribution in [3.63, 3.8) is 0 Å². The molecule has 1 fully saturated rings. The lowest BCUT2D eigenvalue weighted by Crippen LogP contribution is -2.16. The smallest absolute Gasteiger partial charge is 0.165 e. The zero-order chi connectivity index (χ0) is 9.10. The molecule has 1 aliphatic heterocycles. The summed E-state index contributed by atoms with van der Waals surface area (Å²) >= 11 is 0. The molecule has 0 unspecified atom stereocenters. The summed E-state index contributed by atoms with van der Waals surface area (Å²) in [6.45, 7) is 1.27. The summed E-state index contributed by atoms with van der Waals surface area (Å²) < 4.78 is 23.6. The van der Waals surface area contributed by atoms with Crippen molar-refractivity contribution in [1.82, 2.24) is 0 Å². The van der Waals surface area contributed by atoms with Gasteiger partial charge in [-0.15, -0.1) is 0 Å². The summed E-state index contributed by atoms with van der Waals surface area (Å²) in [4.78, 5) is 0. The summed E-state index contributed by atoms with van der Waals surface area (Å²) in [7, 11) is 0. The molecule has 0 aromatic heterocycles. The van der Waals surface area contributed by atoms with Crippen molar-refractivity contribution < 1.29 is 13.9 Å². The van der Waals surface area contributed by atoms with Gasteiger partial charge in [-0.2, -0.15) is 0 Å². The van der Waals surface area contributed by atoms with Crippen LogP contribution in [0.1, 0.15) is 6.42 Å². The second kappa shape index (κ2) is 3.75. The molecule has 1 aromatic rings. The lowest BCUT2D eigenvalue weighted by atomic mass is 10.3. The Balaban J connectivity index is 2.04. The maximum Gasteiger partial charge on any atom is 0.165 e. The first-order valence-electron chi connectivity index (χ1n) is 4.35. The van der Waals surface area contributed by atoms with E-state index < -0.39 is 0 Å². The third-order valence-electron chi connectivity index (χ3n) is 2.02. The van der Waals surface area contributed by atoms with Gasteiger partial charge in [0.1, 0.15) is 6.10 Å². The fourth-order valence-corrected chi connectivity index (χ4v) is 1.33. The van der Waals surface area contributed by atoms with Crippen LogP contribution in [0.25, 0.3) is 0 Å². The number of para-hydroxylation sites is 1. The van der Waals surface area contributed by atoms with Crippen LogP contribution in [-0.2, 0) is 4.74 Å². The van der Waals surface area contributed by atoms with Crippen molar-refractivity contribution in [2.24, 2.45) is 0 Å². The predicted octanol–water partition coefficient (Wildman–Crippen LogP) is 1.99. The minimum atomic E-state index is -0.311. The molecule has 2 rings (SSSR count). The van der Waals surface area contributed by atoms with Crippen LogP contribution in [0.3, 0.4) is 0 Å². The molecule has 1 saturated heterocycles. The molecule has 1 aromatic carbocycles. The van der Waals surface area contributed by atoms with Gasteiger partial charge in [-0.25, -0.2) is 4.39 Å². The molecule has 2 nitrogen and oxygen atoms in total. The molecule has 0 spiro atoms. The highest BCUT2D eigenvalue weighted by Crippen LogP contribution is 2.19. The topological polar surface area (TPSA) is 18.5 Å². The first kappa shape index (κ1) is 8.51. The van der Waals surface area contributed by atoms with Crippen molar-refractivity contribution >= 4 is 0 Å². The fraction of sp³-hybridized carbons (Fsp3) is 0.400. The van der Waals surface area contributed by atoms with E-state index in [0.29, 0.717) is 19.0 Å². The average Bonchev–Trinajstić information content (AvgIpc) is 2.61. The van der Waals surface area contributed by atoms with E-state index in [4.69, 9.17) is 9.47 Å². The van der Waals surface area contributed by atoms with Crippen molar-refractivity contribution in [2.75, 3.05) is 13.2 Å². The van der Waals surface area contributed by atoms with Gasteiger partial charge >= 0.3 is 0 Å². The van der Waals surface area contributed by atoms with E-state index in [1.165, 1.54) is 6.07 Å². The zero-order valence-electron chi connectivity index (χ0n) is 7.20. The van der Waals surface area contributed by atoms with E-state index in [2.05, 4.69) is 0 Å². The second-order valence-corrected chi connectivity index (χ2v) is 3.03. The highest BCUT2D eigenvalue weighted by Gasteiger charge is 2.18. The Morgan fingerprint density at radius 3 is 2.92 bits per heavy atom. The van der Waals surface area contributed by atoms with Gasteiger partial charge < -0.3 is 9.47 Å². The SMILES string of the molecule is Fc1ccccc1O[C@@H]1CCOC1. The Hall–Kier alpha value is -1.09. The van der Waals surface area contributed by atoms with Crippen LogP contribution in [0.2, 0.25) is 0 Å². The van der Waals surface area contributed by atoms with Crippen molar-refractivity contribution in [3.8, 4) is 5.75 Å². The standard InChI is InChI=1S/C10H11FO2/c11-9-3-1-2-4-10(9)13-8-5-6-12-7-8/h1-4,8H,5-7H2/t8-/m1/s1. The molecule has 0 radical (unpaired) electrons. The Morgan fingerprint density at radius 2 is 2.23 bits per heavy atom. The van der Waals surface area contributed by atoms with E-state index in [1.807, 2.05) is 0 Å². The minimum Gasteiger partial charge on any atom is -0.485 e. The summed E-state index contributed by atoms with van der Waals surface area (Å²) in [5, 5.41) is 0. The zero-order valence-corrected chi connectivity index (χ0v) is 7.20. The summed E-state index contributed by atoms with van der Waals surface area (Å²) in [6, 6.07) is 6.43. The highest BCUT2D eigenvalue weighted by atomic mass is 19.1. The highest BCUT2D eigenvalue weighted by molar-refractivity contribution is 5.23. The molecular weight excluding hydrogens is 171 g/mol. The summed E-state index contributed by atoms with van der Waals surface area (Å²) in [6.07, 6.45) is 0.853. The molecule has 0 saturated carbocycles. The molecule has 1 aliphatic rings. The molecule has 3 heteroatoms. The van der Waals surface area contributed by atoms with Gasteiger partial charge in [0.2, 0.25) is 0 Å². The first-order chi connectivity index (χ1) is 6.36.